The number of aromatic nitrogens is 1. The molecule has 0 saturated heterocycles. The molecule has 1 amide bonds. The molecule has 0 aliphatic carbocycles. The number of benzene rings is 1. The number of carbonyl (C=O) groups is 1. The molecule has 2 aromatic heterocycles. The number of para-hydroxylation sites is 1. The van der Waals surface area contributed by atoms with Gasteiger partial charge in [0.2, 0.25) is 0 Å². The third-order valence-corrected chi connectivity index (χ3v) is 4.72. The molecule has 120 valence electrons. The average Bonchev–Trinajstić information content (AvgIpc) is 3.12. The standard InChI is InChI=1S/C15H12F2N2O2S2/c1-8-3-2-4-11-12(8)18-15(23-11)19-13(20)10-6-5-9(21-10)7-22-14(16)17/h2-6,14H,7H2,1H3,(H,18,19,20). The van der Waals surface area contributed by atoms with Crippen molar-refractivity contribution >= 4 is 44.4 Å². The molecule has 0 radical (unpaired) electrons. The van der Waals surface area contributed by atoms with Crippen LogP contribution in [0.1, 0.15) is 21.9 Å². The first-order chi connectivity index (χ1) is 11.0. The minimum Gasteiger partial charge on any atom is -0.455 e. The van der Waals surface area contributed by atoms with E-state index in [1.165, 1.54) is 23.5 Å². The Morgan fingerprint density at radius 1 is 1.39 bits per heavy atom. The highest BCUT2D eigenvalue weighted by atomic mass is 32.2. The number of thioether (sulfide) groups is 1. The quantitative estimate of drug-likeness (QED) is 0.708. The van der Waals surface area contributed by atoms with Gasteiger partial charge >= 0.3 is 0 Å². The highest BCUT2D eigenvalue weighted by Crippen LogP contribution is 2.28. The van der Waals surface area contributed by atoms with Crippen LogP contribution in [0.2, 0.25) is 0 Å². The van der Waals surface area contributed by atoms with E-state index in [9.17, 15) is 13.6 Å². The highest BCUT2D eigenvalue weighted by Gasteiger charge is 2.15. The third kappa shape index (κ3) is 3.70. The van der Waals surface area contributed by atoms with E-state index in [0.29, 0.717) is 22.7 Å². The number of hydrogen-bond acceptors (Lipinski definition) is 5. The van der Waals surface area contributed by atoms with Gasteiger partial charge < -0.3 is 4.42 Å². The zero-order valence-electron chi connectivity index (χ0n) is 12.0. The third-order valence-electron chi connectivity index (χ3n) is 3.08. The van der Waals surface area contributed by atoms with Crippen molar-refractivity contribution in [2.45, 2.75) is 18.4 Å². The molecular weight excluding hydrogens is 342 g/mol. The first-order valence-electron chi connectivity index (χ1n) is 6.69. The van der Waals surface area contributed by atoms with Gasteiger partial charge in [0.05, 0.1) is 16.0 Å². The summed E-state index contributed by atoms with van der Waals surface area (Å²) < 4.78 is 30.5. The molecule has 0 bridgehead atoms. The molecule has 0 fully saturated rings. The van der Waals surface area contributed by atoms with Crippen molar-refractivity contribution in [2.75, 3.05) is 5.32 Å². The summed E-state index contributed by atoms with van der Waals surface area (Å²) in [5, 5.41) is 3.14. The van der Waals surface area contributed by atoms with Crippen molar-refractivity contribution in [1.82, 2.24) is 4.98 Å². The number of carbonyl (C=O) groups excluding carboxylic acids is 1. The predicted molar refractivity (Wildman–Crippen MR) is 88.3 cm³/mol. The number of halogens is 2. The summed E-state index contributed by atoms with van der Waals surface area (Å²) in [5.74, 6) is -2.49. The van der Waals surface area contributed by atoms with Crippen molar-refractivity contribution in [1.29, 1.82) is 0 Å². The lowest BCUT2D eigenvalue weighted by atomic mass is 10.2. The summed E-state index contributed by atoms with van der Waals surface area (Å²) in [4.78, 5) is 16.5. The number of amides is 1. The fourth-order valence-corrected chi connectivity index (χ4v) is 3.41. The smallest absolute Gasteiger partial charge is 0.293 e. The molecule has 4 nitrogen and oxygen atoms in total. The maximum atomic E-state index is 12.1. The van der Waals surface area contributed by atoms with Crippen LogP contribution in [0.25, 0.3) is 10.2 Å². The van der Waals surface area contributed by atoms with Gasteiger partial charge in [-0.25, -0.2) is 4.98 Å². The van der Waals surface area contributed by atoms with E-state index in [-0.39, 0.29) is 11.5 Å². The lowest BCUT2D eigenvalue weighted by molar-refractivity contribution is 0.0995. The molecule has 0 saturated carbocycles. The second-order valence-electron chi connectivity index (χ2n) is 4.73. The van der Waals surface area contributed by atoms with Gasteiger partial charge in [0.15, 0.2) is 10.9 Å². The minimum absolute atomic E-state index is 0.0191. The zero-order chi connectivity index (χ0) is 16.4. The van der Waals surface area contributed by atoms with Gasteiger partial charge in [-0.1, -0.05) is 35.2 Å². The highest BCUT2D eigenvalue weighted by molar-refractivity contribution is 7.98. The van der Waals surface area contributed by atoms with Crippen LogP contribution in [0.15, 0.2) is 34.7 Å². The summed E-state index contributed by atoms with van der Waals surface area (Å²) >= 11 is 1.82. The number of nitrogens with zero attached hydrogens (tertiary/aromatic N) is 1. The molecule has 0 unspecified atom stereocenters. The van der Waals surface area contributed by atoms with E-state index in [2.05, 4.69) is 10.3 Å². The Hall–Kier alpha value is -1.93. The van der Waals surface area contributed by atoms with Crippen LogP contribution in [-0.4, -0.2) is 16.6 Å². The van der Waals surface area contributed by atoms with Crippen molar-refractivity contribution in [3.63, 3.8) is 0 Å². The molecule has 0 spiro atoms. The van der Waals surface area contributed by atoms with Crippen LogP contribution in [0.3, 0.4) is 0 Å². The van der Waals surface area contributed by atoms with Crippen LogP contribution < -0.4 is 5.32 Å². The summed E-state index contributed by atoms with van der Waals surface area (Å²) in [5.41, 5.74) is 1.88. The van der Waals surface area contributed by atoms with Crippen LogP contribution in [0.4, 0.5) is 13.9 Å². The second-order valence-corrected chi connectivity index (χ2v) is 6.74. The molecule has 0 aliphatic heterocycles. The topological polar surface area (TPSA) is 55.1 Å². The fourth-order valence-electron chi connectivity index (χ4n) is 2.02. The Balaban J connectivity index is 1.71. The molecule has 0 aliphatic rings. The monoisotopic (exact) mass is 354 g/mol. The maximum Gasteiger partial charge on any atom is 0.293 e. The number of rotatable bonds is 5. The summed E-state index contributed by atoms with van der Waals surface area (Å²) in [6.45, 7) is 1.95. The first kappa shape index (κ1) is 15.9. The van der Waals surface area contributed by atoms with E-state index < -0.39 is 11.7 Å². The molecule has 0 atom stereocenters. The van der Waals surface area contributed by atoms with Crippen molar-refractivity contribution < 1.29 is 18.0 Å². The second kappa shape index (κ2) is 6.67. The summed E-state index contributed by atoms with van der Waals surface area (Å²) in [6.07, 6.45) is 0. The number of thiazole rings is 1. The van der Waals surface area contributed by atoms with Crippen molar-refractivity contribution in [2.24, 2.45) is 0 Å². The van der Waals surface area contributed by atoms with Gasteiger partial charge in [0.1, 0.15) is 5.76 Å². The fraction of sp³-hybridized carbons (Fsp3) is 0.200. The zero-order valence-corrected chi connectivity index (χ0v) is 13.6. The van der Waals surface area contributed by atoms with Crippen molar-refractivity contribution in [3.05, 3.63) is 47.4 Å². The average molecular weight is 354 g/mol. The van der Waals surface area contributed by atoms with Gasteiger partial charge in [-0.3, -0.25) is 10.1 Å². The number of anilines is 1. The molecule has 1 N–H and O–H groups in total. The molecule has 8 heteroatoms. The van der Waals surface area contributed by atoms with Gasteiger partial charge in [-0.05, 0) is 30.7 Å². The summed E-state index contributed by atoms with van der Waals surface area (Å²) in [7, 11) is 0. The lowest BCUT2D eigenvalue weighted by Gasteiger charge is -1.98. The molecule has 2 heterocycles. The normalized spacial score (nSPS) is 11.3. The first-order valence-corrected chi connectivity index (χ1v) is 8.55. The van der Waals surface area contributed by atoms with Gasteiger partial charge in [0.25, 0.3) is 11.7 Å². The molecule has 1 aromatic carbocycles. The minimum atomic E-state index is -2.47. The number of hydrogen-bond donors (Lipinski definition) is 1. The predicted octanol–water partition coefficient (Wildman–Crippen LogP) is 4.91. The van der Waals surface area contributed by atoms with E-state index >= 15 is 0 Å². The van der Waals surface area contributed by atoms with Gasteiger partial charge in [-0.15, -0.1) is 0 Å². The number of nitrogens with one attached hydrogen (secondary N) is 1. The number of furan rings is 1. The van der Waals surface area contributed by atoms with Crippen LogP contribution in [-0.2, 0) is 5.75 Å². The number of alkyl halides is 2. The largest absolute Gasteiger partial charge is 0.455 e. The van der Waals surface area contributed by atoms with E-state index in [4.69, 9.17) is 4.42 Å². The van der Waals surface area contributed by atoms with Gasteiger partial charge in [-0.2, -0.15) is 8.78 Å². The Kier molecular flexibility index (Phi) is 4.63. The Bertz CT molecular complexity index is 845. The van der Waals surface area contributed by atoms with E-state index in [1.54, 1.807) is 0 Å². The van der Waals surface area contributed by atoms with Crippen molar-refractivity contribution in [3.8, 4) is 0 Å². The molecular formula is C15H12F2N2O2S2. The van der Waals surface area contributed by atoms with E-state index in [1.807, 2.05) is 25.1 Å². The molecule has 3 aromatic rings. The summed E-state index contributed by atoms with van der Waals surface area (Å²) in [6, 6.07) is 8.80. The number of aryl methyl sites for hydroxylation is 1. The van der Waals surface area contributed by atoms with E-state index in [0.717, 1.165) is 15.8 Å². The maximum absolute atomic E-state index is 12.1. The van der Waals surface area contributed by atoms with Crippen LogP contribution >= 0.6 is 23.1 Å². The van der Waals surface area contributed by atoms with Gasteiger partial charge in [0, 0.05) is 0 Å². The van der Waals surface area contributed by atoms with Crippen LogP contribution in [0, 0.1) is 6.92 Å². The van der Waals surface area contributed by atoms with Crippen LogP contribution in [0.5, 0.6) is 0 Å². The Morgan fingerprint density at radius 2 is 2.22 bits per heavy atom. The Morgan fingerprint density at radius 3 is 2.96 bits per heavy atom. The Labute approximate surface area is 138 Å². The molecule has 23 heavy (non-hydrogen) atoms. The number of fused-ring (bicyclic) bond motifs is 1. The SMILES string of the molecule is Cc1cccc2sc(NC(=O)c3ccc(CSC(F)F)o3)nc12. The lowest BCUT2D eigenvalue weighted by Crippen LogP contribution is -2.10. The molecule has 3 rings (SSSR count).